The number of hydrogen-bond donors (Lipinski definition) is 1. The first-order valence-electron chi connectivity index (χ1n) is 11.0. The quantitative estimate of drug-likeness (QED) is 0.773. The first kappa shape index (κ1) is 20.1. The van der Waals surface area contributed by atoms with Crippen molar-refractivity contribution in [3.8, 4) is 0 Å². The molecule has 4 aliphatic rings. The maximum absolute atomic E-state index is 13.3. The maximum atomic E-state index is 13.3. The lowest BCUT2D eigenvalue weighted by Gasteiger charge is -2.55. The van der Waals surface area contributed by atoms with Crippen molar-refractivity contribution in [2.45, 2.75) is 96.2 Å². The fraction of sp³-hybridized carbons (Fsp3) is 0.905. The van der Waals surface area contributed by atoms with Gasteiger partial charge in [-0.05, 0) is 58.8 Å². The minimum Gasteiger partial charge on any atom is -0.368 e. The zero-order valence-electron chi connectivity index (χ0n) is 17.6. The molecule has 0 aromatic carbocycles. The van der Waals surface area contributed by atoms with Crippen molar-refractivity contribution in [1.29, 1.82) is 0 Å². The highest BCUT2D eigenvalue weighted by Gasteiger charge is 2.50. The Bertz CT molecular complexity index is 598. The van der Waals surface area contributed by atoms with E-state index in [1.807, 2.05) is 4.90 Å². The van der Waals surface area contributed by atoms with Gasteiger partial charge >= 0.3 is 0 Å². The number of amides is 2. The molecule has 8 atom stereocenters. The Morgan fingerprint density at radius 3 is 2.46 bits per heavy atom. The van der Waals surface area contributed by atoms with Crippen LogP contribution < -0.4 is 5.48 Å². The average molecular weight is 394 g/mol. The number of piperazine rings is 1. The molecule has 0 bridgehead atoms. The monoisotopic (exact) mass is 393 g/mol. The number of hydrogen-bond acceptors (Lipinski definition) is 5. The highest BCUT2D eigenvalue weighted by Crippen LogP contribution is 2.42. The number of carbonyl (C=O) groups excluding carboxylic acids is 2. The molecule has 3 aliphatic heterocycles. The van der Waals surface area contributed by atoms with Crippen molar-refractivity contribution >= 4 is 11.8 Å². The van der Waals surface area contributed by atoms with E-state index in [9.17, 15) is 9.59 Å². The van der Waals surface area contributed by atoms with Crippen LogP contribution in [0.15, 0.2) is 0 Å². The van der Waals surface area contributed by atoms with Crippen LogP contribution in [0.3, 0.4) is 0 Å². The van der Waals surface area contributed by atoms with Crippen LogP contribution in [0.5, 0.6) is 0 Å². The van der Waals surface area contributed by atoms with Crippen LogP contribution in [0.4, 0.5) is 0 Å². The Balaban J connectivity index is 1.58. The van der Waals surface area contributed by atoms with Crippen molar-refractivity contribution in [2.24, 2.45) is 11.8 Å². The Morgan fingerprint density at radius 1 is 1.07 bits per heavy atom. The molecule has 3 saturated heterocycles. The van der Waals surface area contributed by atoms with Gasteiger partial charge < -0.3 is 14.5 Å². The largest absolute Gasteiger partial charge is 0.368 e. The molecule has 0 aromatic heterocycles. The number of fused-ring (bicyclic) bond motifs is 1. The molecule has 4 rings (SSSR count). The van der Waals surface area contributed by atoms with E-state index >= 15 is 0 Å². The van der Waals surface area contributed by atoms with E-state index in [1.54, 1.807) is 6.92 Å². The summed E-state index contributed by atoms with van der Waals surface area (Å²) in [4.78, 5) is 35.5. The van der Waals surface area contributed by atoms with Crippen LogP contribution in [0, 0.1) is 11.8 Å². The Hall–Kier alpha value is -1.18. The summed E-state index contributed by atoms with van der Waals surface area (Å²) in [5.41, 5.74) is 3.14. The third-order valence-corrected chi connectivity index (χ3v) is 7.47. The summed E-state index contributed by atoms with van der Waals surface area (Å²) in [7, 11) is 0. The van der Waals surface area contributed by atoms with Crippen molar-refractivity contribution in [3.63, 3.8) is 0 Å². The van der Waals surface area contributed by atoms with E-state index in [2.05, 4.69) is 31.2 Å². The molecule has 8 unspecified atom stereocenters. The van der Waals surface area contributed by atoms with E-state index in [0.717, 1.165) is 32.1 Å². The molecule has 4 fully saturated rings. The zero-order valence-corrected chi connectivity index (χ0v) is 17.6. The number of carbonyl (C=O) groups is 2. The minimum atomic E-state index is -0.300. The molecule has 3 heterocycles. The second-order valence-corrected chi connectivity index (χ2v) is 9.28. The standard InChI is InChI=1S/C21H35N3O4/c1-12-11-23(21(26)19-6-5-9-27-19)18-10-16(20-13(2)22-28-14(20)3)7-8-17(18)24(12)15(4)25/h12-14,16-20,22H,5-11H2,1-4H3. The lowest BCUT2D eigenvalue weighted by atomic mass is 9.70. The number of nitrogens with zero attached hydrogens (tertiary/aromatic N) is 2. The van der Waals surface area contributed by atoms with Crippen molar-refractivity contribution in [2.75, 3.05) is 13.2 Å². The predicted molar refractivity (Wildman–Crippen MR) is 104 cm³/mol. The highest BCUT2D eigenvalue weighted by atomic mass is 16.7. The first-order chi connectivity index (χ1) is 13.4. The fourth-order valence-electron chi connectivity index (χ4n) is 6.33. The van der Waals surface area contributed by atoms with E-state index in [-0.39, 0.29) is 42.1 Å². The average Bonchev–Trinajstić information content (AvgIpc) is 3.30. The number of hydroxylamine groups is 1. The number of rotatable bonds is 2. The van der Waals surface area contributed by atoms with Crippen molar-refractivity contribution < 1.29 is 19.2 Å². The van der Waals surface area contributed by atoms with E-state index in [0.29, 0.717) is 31.0 Å². The summed E-state index contributed by atoms with van der Waals surface area (Å²) in [6.45, 7) is 9.33. The summed E-state index contributed by atoms with van der Waals surface area (Å²) in [5, 5.41) is 0. The van der Waals surface area contributed by atoms with E-state index in [4.69, 9.17) is 9.57 Å². The third kappa shape index (κ3) is 3.46. The van der Waals surface area contributed by atoms with Gasteiger partial charge in [0.1, 0.15) is 6.10 Å². The molecular weight excluding hydrogens is 358 g/mol. The van der Waals surface area contributed by atoms with Crippen LogP contribution in [0.2, 0.25) is 0 Å². The molecule has 2 amide bonds. The Labute approximate surface area is 168 Å². The molecule has 1 N–H and O–H groups in total. The first-order valence-corrected chi connectivity index (χ1v) is 11.0. The van der Waals surface area contributed by atoms with Gasteiger partial charge in [-0.2, -0.15) is 5.48 Å². The van der Waals surface area contributed by atoms with Crippen molar-refractivity contribution in [3.05, 3.63) is 0 Å². The Morgan fingerprint density at radius 2 is 1.86 bits per heavy atom. The summed E-state index contributed by atoms with van der Waals surface area (Å²) < 4.78 is 5.72. The van der Waals surface area contributed by atoms with Crippen LogP contribution in [-0.4, -0.2) is 71.1 Å². The Kier molecular flexibility index (Phi) is 5.69. The lowest BCUT2D eigenvalue weighted by molar-refractivity contribution is -0.160. The van der Waals surface area contributed by atoms with E-state index < -0.39 is 0 Å². The summed E-state index contributed by atoms with van der Waals surface area (Å²) in [6.07, 6.45) is 4.60. The third-order valence-electron chi connectivity index (χ3n) is 7.47. The van der Waals surface area contributed by atoms with E-state index in [1.165, 1.54) is 0 Å². The molecular formula is C21H35N3O4. The van der Waals surface area contributed by atoms with Gasteiger partial charge in [0.25, 0.3) is 5.91 Å². The molecule has 1 aliphatic carbocycles. The van der Waals surface area contributed by atoms with Gasteiger partial charge in [0.05, 0.1) is 18.2 Å². The van der Waals surface area contributed by atoms with Gasteiger partial charge in [0.2, 0.25) is 5.91 Å². The van der Waals surface area contributed by atoms with Crippen LogP contribution in [-0.2, 0) is 19.2 Å². The molecule has 7 nitrogen and oxygen atoms in total. The zero-order chi connectivity index (χ0) is 20.0. The number of nitrogens with one attached hydrogen (secondary N) is 1. The normalized spacial score (nSPS) is 43.9. The highest BCUT2D eigenvalue weighted by molar-refractivity contribution is 5.82. The van der Waals surface area contributed by atoms with Gasteiger partial charge in [-0.15, -0.1) is 0 Å². The van der Waals surface area contributed by atoms with Crippen LogP contribution in [0.1, 0.15) is 59.8 Å². The smallest absolute Gasteiger partial charge is 0.252 e. The molecule has 0 aromatic rings. The summed E-state index contributed by atoms with van der Waals surface area (Å²) >= 11 is 0. The molecule has 0 radical (unpaired) electrons. The topological polar surface area (TPSA) is 71.1 Å². The maximum Gasteiger partial charge on any atom is 0.252 e. The molecule has 7 heteroatoms. The molecule has 1 saturated carbocycles. The second kappa shape index (κ2) is 7.92. The molecule has 28 heavy (non-hydrogen) atoms. The van der Waals surface area contributed by atoms with Crippen LogP contribution in [0.25, 0.3) is 0 Å². The second-order valence-electron chi connectivity index (χ2n) is 9.28. The van der Waals surface area contributed by atoms with Gasteiger partial charge in [-0.3, -0.25) is 14.4 Å². The van der Waals surface area contributed by atoms with Crippen LogP contribution >= 0.6 is 0 Å². The summed E-state index contributed by atoms with van der Waals surface area (Å²) in [5.74, 6) is 1.18. The molecule has 158 valence electrons. The van der Waals surface area contributed by atoms with Gasteiger partial charge in [-0.1, -0.05) is 0 Å². The number of ether oxygens (including phenoxy) is 1. The van der Waals surface area contributed by atoms with Gasteiger partial charge in [0, 0.05) is 38.1 Å². The fourth-order valence-corrected chi connectivity index (χ4v) is 6.33. The summed E-state index contributed by atoms with van der Waals surface area (Å²) in [6, 6.07) is 0.555. The lowest BCUT2D eigenvalue weighted by Crippen LogP contribution is -2.68. The minimum absolute atomic E-state index is 0.0509. The van der Waals surface area contributed by atoms with Gasteiger partial charge in [0.15, 0.2) is 0 Å². The SMILES string of the molecule is CC(=O)N1C(C)CN(C(=O)C2CCCO2)C2CC(C3C(C)NOC3C)CCC21. The predicted octanol–water partition coefficient (Wildman–Crippen LogP) is 1.71. The molecule has 0 spiro atoms. The van der Waals surface area contributed by atoms with Crippen molar-refractivity contribution in [1.82, 2.24) is 15.3 Å². The van der Waals surface area contributed by atoms with Gasteiger partial charge in [-0.25, -0.2) is 0 Å².